The lowest BCUT2D eigenvalue weighted by molar-refractivity contribution is -0.134. The molecule has 1 atom stereocenters. The lowest BCUT2D eigenvalue weighted by Gasteiger charge is -2.32. The van der Waals surface area contributed by atoms with Crippen LogP contribution in [0.15, 0.2) is 54.6 Å². The quantitative estimate of drug-likeness (QED) is 0.669. The molecule has 2 N–H and O–H groups in total. The molecule has 1 saturated carbocycles. The Kier molecular flexibility index (Phi) is 6.99. The van der Waals surface area contributed by atoms with E-state index in [1.54, 1.807) is 17.0 Å². The van der Waals surface area contributed by atoms with Crippen molar-refractivity contribution in [3.63, 3.8) is 0 Å². The van der Waals surface area contributed by atoms with Crippen LogP contribution in [-0.2, 0) is 16.1 Å². The van der Waals surface area contributed by atoms with Gasteiger partial charge in [-0.15, -0.1) is 0 Å². The van der Waals surface area contributed by atoms with E-state index in [1.807, 2.05) is 43.3 Å². The largest absolute Gasteiger partial charge is 0.370 e. The molecule has 0 saturated heterocycles. The molecule has 1 aliphatic carbocycles. The molecule has 29 heavy (non-hydrogen) atoms. The van der Waals surface area contributed by atoms with E-state index < -0.39 is 5.91 Å². The number of hydrogen-bond acceptors (Lipinski definition) is 3. The zero-order chi connectivity index (χ0) is 20.8. The minimum Gasteiger partial charge on any atom is -0.370 e. The zero-order valence-electron chi connectivity index (χ0n) is 16.8. The number of nitrogens with two attached hydrogens (primary N) is 1. The molecule has 0 heterocycles. The first-order valence-electron chi connectivity index (χ1n) is 10.1. The van der Waals surface area contributed by atoms with Crippen molar-refractivity contribution in [1.82, 2.24) is 9.80 Å². The number of amides is 2. The first kappa shape index (κ1) is 21.0. The molecular formula is C23H28FN3O2. The molecule has 1 aliphatic rings. The normalized spacial score (nSPS) is 14.6. The molecule has 0 bridgehead atoms. The topological polar surface area (TPSA) is 66.6 Å². The lowest BCUT2D eigenvalue weighted by Crippen LogP contribution is -2.43. The molecule has 1 fully saturated rings. The second kappa shape index (κ2) is 9.65. The molecule has 154 valence electrons. The number of rotatable bonds is 10. The van der Waals surface area contributed by atoms with E-state index in [0.717, 1.165) is 18.4 Å². The van der Waals surface area contributed by atoms with Gasteiger partial charge in [-0.1, -0.05) is 48.5 Å². The number of halogens is 1. The fourth-order valence-electron chi connectivity index (χ4n) is 3.58. The van der Waals surface area contributed by atoms with Crippen LogP contribution in [0.1, 0.15) is 43.4 Å². The molecule has 0 radical (unpaired) electrons. The van der Waals surface area contributed by atoms with Gasteiger partial charge in [0.25, 0.3) is 0 Å². The molecule has 0 aromatic heterocycles. The fourth-order valence-corrected chi connectivity index (χ4v) is 3.58. The summed E-state index contributed by atoms with van der Waals surface area (Å²) in [6, 6.07) is 16.4. The van der Waals surface area contributed by atoms with Crippen LogP contribution in [0.5, 0.6) is 0 Å². The maximum Gasteiger partial charge on any atom is 0.237 e. The number of nitrogens with zero attached hydrogens (tertiary/aromatic N) is 2. The third-order valence-electron chi connectivity index (χ3n) is 5.38. The van der Waals surface area contributed by atoms with E-state index in [1.165, 1.54) is 6.07 Å². The summed E-state index contributed by atoms with van der Waals surface area (Å²) in [5, 5.41) is 0. The molecular weight excluding hydrogens is 369 g/mol. The second-order valence-corrected chi connectivity index (χ2v) is 7.62. The highest BCUT2D eigenvalue weighted by atomic mass is 19.1. The van der Waals surface area contributed by atoms with Crippen LogP contribution >= 0.6 is 0 Å². The third-order valence-corrected chi connectivity index (χ3v) is 5.38. The average molecular weight is 397 g/mol. The summed E-state index contributed by atoms with van der Waals surface area (Å²) in [5.41, 5.74) is 6.89. The van der Waals surface area contributed by atoms with Gasteiger partial charge in [-0.3, -0.25) is 14.5 Å². The fraction of sp³-hybridized carbons (Fsp3) is 0.391. The minimum atomic E-state index is -0.436. The standard InChI is InChI=1S/C23H28FN3O2/c1-17(20-9-5-6-10-21(20)24)27(19-11-12-19)16-23(29)26(14-13-22(25)28)15-18-7-3-2-4-8-18/h2-10,17,19H,11-16H2,1H3,(H2,25,28). The highest BCUT2D eigenvalue weighted by Crippen LogP contribution is 2.35. The number of benzene rings is 2. The minimum absolute atomic E-state index is 0.0785. The maximum atomic E-state index is 14.3. The summed E-state index contributed by atoms with van der Waals surface area (Å²) in [7, 11) is 0. The van der Waals surface area contributed by atoms with E-state index in [9.17, 15) is 14.0 Å². The number of carbonyl (C=O) groups excluding carboxylic acids is 2. The Morgan fingerprint density at radius 1 is 1.10 bits per heavy atom. The summed E-state index contributed by atoms with van der Waals surface area (Å²) in [4.78, 5) is 28.2. The molecule has 2 amide bonds. The van der Waals surface area contributed by atoms with Crippen molar-refractivity contribution in [3.05, 3.63) is 71.5 Å². The predicted octanol–water partition coefficient (Wildman–Crippen LogP) is 3.26. The van der Waals surface area contributed by atoms with Gasteiger partial charge in [0.1, 0.15) is 5.82 Å². The Morgan fingerprint density at radius 3 is 2.38 bits per heavy atom. The van der Waals surface area contributed by atoms with E-state index >= 15 is 0 Å². The zero-order valence-corrected chi connectivity index (χ0v) is 16.8. The molecule has 3 rings (SSSR count). The van der Waals surface area contributed by atoms with Crippen molar-refractivity contribution >= 4 is 11.8 Å². The van der Waals surface area contributed by atoms with Crippen LogP contribution in [-0.4, -0.2) is 40.7 Å². The van der Waals surface area contributed by atoms with E-state index in [-0.39, 0.29) is 43.3 Å². The van der Waals surface area contributed by atoms with Crippen molar-refractivity contribution in [1.29, 1.82) is 0 Å². The first-order valence-corrected chi connectivity index (χ1v) is 10.1. The van der Waals surface area contributed by atoms with Crippen molar-refractivity contribution < 1.29 is 14.0 Å². The molecule has 2 aromatic rings. The molecule has 0 spiro atoms. The van der Waals surface area contributed by atoms with Gasteiger partial charge in [-0.25, -0.2) is 4.39 Å². The Morgan fingerprint density at radius 2 is 1.76 bits per heavy atom. The van der Waals surface area contributed by atoms with Crippen LogP contribution in [0, 0.1) is 5.82 Å². The summed E-state index contributed by atoms with van der Waals surface area (Å²) in [5.74, 6) is -0.771. The van der Waals surface area contributed by atoms with Crippen LogP contribution < -0.4 is 5.73 Å². The number of carbonyl (C=O) groups is 2. The van der Waals surface area contributed by atoms with Gasteiger partial charge in [-0.2, -0.15) is 0 Å². The molecule has 2 aromatic carbocycles. The van der Waals surface area contributed by atoms with Crippen LogP contribution in [0.3, 0.4) is 0 Å². The lowest BCUT2D eigenvalue weighted by atomic mass is 10.1. The van der Waals surface area contributed by atoms with Crippen LogP contribution in [0.2, 0.25) is 0 Å². The molecule has 5 nitrogen and oxygen atoms in total. The monoisotopic (exact) mass is 397 g/mol. The molecule has 0 aliphatic heterocycles. The summed E-state index contributed by atoms with van der Waals surface area (Å²) >= 11 is 0. The van der Waals surface area contributed by atoms with Crippen LogP contribution in [0.4, 0.5) is 4.39 Å². The summed E-state index contributed by atoms with van der Waals surface area (Å²) in [6.07, 6.45) is 2.13. The predicted molar refractivity (Wildman–Crippen MR) is 110 cm³/mol. The van der Waals surface area contributed by atoms with E-state index in [0.29, 0.717) is 12.1 Å². The third kappa shape index (κ3) is 5.87. The first-order chi connectivity index (χ1) is 14.0. The van der Waals surface area contributed by atoms with Gasteiger partial charge in [0, 0.05) is 37.2 Å². The molecule has 6 heteroatoms. The number of hydrogen-bond donors (Lipinski definition) is 1. The van der Waals surface area contributed by atoms with Crippen molar-refractivity contribution in [2.45, 2.75) is 44.8 Å². The van der Waals surface area contributed by atoms with Gasteiger partial charge in [0.15, 0.2) is 0 Å². The van der Waals surface area contributed by atoms with Crippen molar-refractivity contribution in [2.24, 2.45) is 5.73 Å². The smallest absolute Gasteiger partial charge is 0.237 e. The van der Waals surface area contributed by atoms with Crippen molar-refractivity contribution in [3.8, 4) is 0 Å². The van der Waals surface area contributed by atoms with Crippen molar-refractivity contribution in [2.75, 3.05) is 13.1 Å². The summed E-state index contributed by atoms with van der Waals surface area (Å²) in [6.45, 7) is 2.82. The molecule has 1 unspecified atom stereocenters. The Labute approximate surface area is 171 Å². The summed E-state index contributed by atoms with van der Waals surface area (Å²) < 4.78 is 14.3. The van der Waals surface area contributed by atoms with Gasteiger partial charge in [-0.05, 0) is 31.4 Å². The Bertz CT molecular complexity index is 839. The Hall–Kier alpha value is -2.73. The second-order valence-electron chi connectivity index (χ2n) is 7.62. The average Bonchev–Trinajstić information content (AvgIpc) is 3.55. The van der Waals surface area contributed by atoms with E-state index in [2.05, 4.69) is 4.90 Å². The van der Waals surface area contributed by atoms with Gasteiger partial charge < -0.3 is 10.6 Å². The van der Waals surface area contributed by atoms with Crippen LogP contribution in [0.25, 0.3) is 0 Å². The van der Waals surface area contributed by atoms with E-state index in [4.69, 9.17) is 5.73 Å². The van der Waals surface area contributed by atoms with Gasteiger partial charge >= 0.3 is 0 Å². The van der Waals surface area contributed by atoms with Gasteiger partial charge in [0.2, 0.25) is 11.8 Å². The SMILES string of the molecule is CC(c1ccccc1F)N(CC(=O)N(CCC(N)=O)Cc1ccccc1)C1CC1. The highest BCUT2D eigenvalue weighted by Gasteiger charge is 2.35. The number of primary amides is 1. The highest BCUT2D eigenvalue weighted by molar-refractivity contribution is 5.80. The Balaban J connectivity index is 1.74. The maximum absolute atomic E-state index is 14.3. The van der Waals surface area contributed by atoms with Gasteiger partial charge in [0.05, 0.1) is 6.54 Å².